The van der Waals surface area contributed by atoms with Crippen LogP contribution >= 0.6 is 15.9 Å². The Kier molecular flexibility index (Phi) is 4.20. The number of amides is 1. The molecule has 0 radical (unpaired) electrons. The predicted octanol–water partition coefficient (Wildman–Crippen LogP) is 4.17. The Balaban J connectivity index is 1.79. The van der Waals surface area contributed by atoms with E-state index in [-0.39, 0.29) is 17.2 Å². The van der Waals surface area contributed by atoms with Gasteiger partial charge < -0.3 is 5.32 Å². The Bertz CT molecular complexity index is 862. The molecule has 3 aromatic rings. The average Bonchev–Trinajstić information content (AvgIpc) is 3.01. The number of rotatable bonds is 3. The predicted molar refractivity (Wildman–Crippen MR) is 85.6 cm³/mol. The van der Waals surface area contributed by atoms with Gasteiger partial charge in [-0.15, -0.1) is 0 Å². The second kappa shape index (κ2) is 6.29. The van der Waals surface area contributed by atoms with Gasteiger partial charge in [0, 0.05) is 10.7 Å². The van der Waals surface area contributed by atoms with Crippen molar-refractivity contribution in [1.82, 2.24) is 9.78 Å². The molecule has 0 saturated heterocycles. The van der Waals surface area contributed by atoms with Gasteiger partial charge in [-0.1, -0.05) is 15.9 Å². The fourth-order valence-electron chi connectivity index (χ4n) is 1.96. The van der Waals surface area contributed by atoms with Crippen molar-refractivity contribution >= 4 is 27.5 Å². The SMILES string of the molecule is O=C(Nc1ccc(Br)cc1F)c1ccn(-c2ccc(F)cc2)n1. The molecule has 0 unspecified atom stereocenters. The maximum atomic E-state index is 13.7. The zero-order valence-electron chi connectivity index (χ0n) is 11.6. The molecule has 0 bridgehead atoms. The summed E-state index contributed by atoms with van der Waals surface area (Å²) in [4.78, 5) is 12.1. The Morgan fingerprint density at radius 3 is 2.52 bits per heavy atom. The maximum absolute atomic E-state index is 13.7. The highest BCUT2D eigenvalue weighted by atomic mass is 79.9. The third-order valence-corrected chi connectivity index (χ3v) is 3.59. The molecular formula is C16H10BrF2N3O. The van der Waals surface area contributed by atoms with Gasteiger partial charge >= 0.3 is 0 Å². The normalized spacial score (nSPS) is 10.6. The van der Waals surface area contributed by atoms with Crippen molar-refractivity contribution in [2.45, 2.75) is 0 Å². The van der Waals surface area contributed by atoms with E-state index in [1.165, 1.54) is 35.0 Å². The van der Waals surface area contributed by atoms with Crippen LogP contribution in [0.15, 0.2) is 59.2 Å². The van der Waals surface area contributed by atoms with Crippen LogP contribution in [0.25, 0.3) is 5.69 Å². The van der Waals surface area contributed by atoms with Crippen molar-refractivity contribution in [2.75, 3.05) is 5.32 Å². The van der Waals surface area contributed by atoms with Crippen molar-refractivity contribution in [3.05, 3.63) is 76.5 Å². The number of hydrogen-bond donors (Lipinski definition) is 1. The summed E-state index contributed by atoms with van der Waals surface area (Å²) in [6.07, 6.45) is 1.57. The van der Waals surface area contributed by atoms with Gasteiger partial charge in [0.2, 0.25) is 0 Å². The standard InChI is InChI=1S/C16H10BrF2N3O/c17-10-1-6-14(13(19)9-10)20-16(23)15-7-8-22(21-15)12-4-2-11(18)3-5-12/h1-9H,(H,20,23). The lowest BCUT2D eigenvalue weighted by Crippen LogP contribution is -2.14. The highest BCUT2D eigenvalue weighted by Crippen LogP contribution is 2.20. The van der Waals surface area contributed by atoms with E-state index in [0.29, 0.717) is 10.2 Å². The van der Waals surface area contributed by atoms with E-state index in [0.717, 1.165) is 0 Å². The third kappa shape index (κ3) is 3.45. The summed E-state index contributed by atoms with van der Waals surface area (Å²) < 4.78 is 28.7. The zero-order valence-corrected chi connectivity index (χ0v) is 13.2. The molecule has 0 saturated carbocycles. The summed E-state index contributed by atoms with van der Waals surface area (Å²) in [6, 6.07) is 11.5. The van der Waals surface area contributed by atoms with Gasteiger partial charge in [-0.3, -0.25) is 4.79 Å². The first-order chi connectivity index (χ1) is 11.0. The molecule has 2 aromatic carbocycles. The van der Waals surface area contributed by atoms with E-state index in [2.05, 4.69) is 26.3 Å². The number of carbonyl (C=O) groups excluding carboxylic acids is 1. The molecule has 1 heterocycles. The Morgan fingerprint density at radius 2 is 1.83 bits per heavy atom. The van der Waals surface area contributed by atoms with E-state index in [1.54, 1.807) is 24.4 Å². The van der Waals surface area contributed by atoms with Crippen LogP contribution in [0.4, 0.5) is 14.5 Å². The Morgan fingerprint density at radius 1 is 1.09 bits per heavy atom. The molecule has 116 valence electrons. The summed E-state index contributed by atoms with van der Waals surface area (Å²) >= 11 is 3.15. The van der Waals surface area contributed by atoms with Crippen molar-refractivity contribution in [1.29, 1.82) is 0 Å². The van der Waals surface area contributed by atoms with Gasteiger partial charge in [0.25, 0.3) is 5.91 Å². The largest absolute Gasteiger partial charge is 0.318 e. The molecule has 0 fully saturated rings. The molecule has 23 heavy (non-hydrogen) atoms. The Labute approximate surface area is 138 Å². The van der Waals surface area contributed by atoms with Gasteiger partial charge in [-0.25, -0.2) is 13.5 Å². The molecule has 1 aromatic heterocycles. The van der Waals surface area contributed by atoms with Crippen LogP contribution in [-0.4, -0.2) is 15.7 Å². The van der Waals surface area contributed by atoms with Crippen LogP contribution in [0.5, 0.6) is 0 Å². The lowest BCUT2D eigenvalue weighted by atomic mass is 10.3. The van der Waals surface area contributed by atoms with Gasteiger partial charge in [0.05, 0.1) is 11.4 Å². The summed E-state index contributed by atoms with van der Waals surface area (Å²) in [5.41, 5.74) is 0.798. The molecular weight excluding hydrogens is 368 g/mol. The summed E-state index contributed by atoms with van der Waals surface area (Å²) in [5, 5.41) is 6.56. The first kappa shape index (κ1) is 15.4. The summed E-state index contributed by atoms with van der Waals surface area (Å²) in [5.74, 6) is -1.44. The van der Waals surface area contributed by atoms with Crippen LogP contribution in [-0.2, 0) is 0 Å². The summed E-state index contributed by atoms with van der Waals surface area (Å²) in [7, 11) is 0. The number of benzene rings is 2. The monoisotopic (exact) mass is 377 g/mol. The molecule has 7 heteroatoms. The molecule has 0 aliphatic heterocycles. The minimum Gasteiger partial charge on any atom is -0.318 e. The fraction of sp³-hybridized carbons (Fsp3) is 0. The van der Waals surface area contributed by atoms with Crippen LogP contribution in [0.1, 0.15) is 10.5 Å². The first-order valence-electron chi connectivity index (χ1n) is 6.61. The number of carbonyl (C=O) groups is 1. The highest BCUT2D eigenvalue weighted by Gasteiger charge is 2.13. The van der Waals surface area contributed by atoms with Gasteiger partial charge in [0.1, 0.15) is 11.6 Å². The number of anilines is 1. The quantitative estimate of drug-likeness (QED) is 0.744. The minimum absolute atomic E-state index is 0.0644. The first-order valence-corrected chi connectivity index (χ1v) is 7.40. The van der Waals surface area contributed by atoms with Crippen LogP contribution in [0, 0.1) is 11.6 Å². The van der Waals surface area contributed by atoms with Crippen molar-refractivity contribution in [3.63, 3.8) is 0 Å². The summed E-state index contributed by atoms with van der Waals surface area (Å²) in [6.45, 7) is 0. The number of halogens is 3. The van der Waals surface area contributed by atoms with Crippen LogP contribution in [0.3, 0.4) is 0 Å². The minimum atomic E-state index is -0.550. The molecule has 0 aliphatic carbocycles. The number of hydrogen-bond acceptors (Lipinski definition) is 2. The number of nitrogens with zero attached hydrogens (tertiary/aromatic N) is 2. The average molecular weight is 378 g/mol. The van der Waals surface area contributed by atoms with E-state index in [9.17, 15) is 13.6 Å². The third-order valence-electron chi connectivity index (χ3n) is 3.09. The molecule has 4 nitrogen and oxygen atoms in total. The second-order valence-corrected chi connectivity index (χ2v) is 5.62. The molecule has 3 rings (SSSR count). The van der Waals surface area contributed by atoms with Crippen LogP contribution in [0.2, 0.25) is 0 Å². The van der Waals surface area contributed by atoms with Gasteiger partial charge in [0.15, 0.2) is 5.69 Å². The lowest BCUT2D eigenvalue weighted by Gasteiger charge is -2.05. The van der Waals surface area contributed by atoms with Crippen molar-refractivity contribution in [3.8, 4) is 5.69 Å². The van der Waals surface area contributed by atoms with E-state index >= 15 is 0 Å². The number of aromatic nitrogens is 2. The van der Waals surface area contributed by atoms with E-state index in [1.807, 2.05) is 0 Å². The molecule has 1 amide bonds. The second-order valence-electron chi connectivity index (χ2n) is 4.70. The smallest absolute Gasteiger partial charge is 0.276 e. The fourth-order valence-corrected chi connectivity index (χ4v) is 2.29. The Hall–Kier alpha value is -2.54. The van der Waals surface area contributed by atoms with Crippen molar-refractivity contribution in [2.24, 2.45) is 0 Å². The number of nitrogens with one attached hydrogen (secondary N) is 1. The van der Waals surface area contributed by atoms with E-state index < -0.39 is 11.7 Å². The van der Waals surface area contributed by atoms with Gasteiger partial charge in [-0.05, 0) is 48.5 Å². The maximum Gasteiger partial charge on any atom is 0.276 e. The molecule has 1 N–H and O–H groups in total. The molecule has 0 atom stereocenters. The highest BCUT2D eigenvalue weighted by molar-refractivity contribution is 9.10. The molecule has 0 spiro atoms. The topological polar surface area (TPSA) is 46.9 Å². The van der Waals surface area contributed by atoms with Crippen LogP contribution < -0.4 is 5.32 Å². The van der Waals surface area contributed by atoms with E-state index in [4.69, 9.17) is 0 Å². The van der Waals surface area contributed by atoms with Crippen molar-refractivity contribution < 1.29 is 13.6 Å². The lowest BCUT2D eigenvalue weighted by molar-refractivity contribution is 0.102. The zero-order chi connectivity index (χ0) is 16.4. The molecule has 0 aliphatic rings. The van der Waals surface area contributed by atoms with Gasteiger partial charge in [-0.2, -0.15) is 5.10 Å².